The summed E-state index contributed by atoms with van der Waals surface area (Å²) < 4.78 is 9.61. The number of hydrogen-bond donors (Lipinski definition) is 2. The molecule has 0 radical (unpaired) electrons. The van der Waals surface area contributed by atoms with Gasteiger partial charge in [-0.3, -0.25) is 20.2 Å². The van der Waals surface area contributed by atoms with Crippen LogP contribution in [-0.4, -0.2) is 23.8 Å². The van der Waals surface area contributed by atoms with E-state index >= 15 is 0 Å². The van der Waals surface area contributed by atoms with E-state index in [4.69, 9.17) is 9.47 Å². The van der Waals surface area contributed by atoms with Gasteiger partial charge in [0.15, 0.2) is 0 Å². The largest absolute Gasteiger partial charge is 0.406 e. The Balaban J connectivity index is 5.26. The van der Waals surface area contributed by atoms with Crippen molar-refractivity contribution in [3.8, 4) is 0 Å². The van der Waals surface area contributed by atoms with E-state index in [-0.39, 0.29) is 11.8 Å². The minimum Gasteiger partial charge on any atom is -0.406 e. The van der Waals surface area contributed by atoms with E-state index in [2.05, 4.69) is 36.9 Å². The molecule has 9 heteroatoms. The molecule has 132 valence electrons. The van der Waals surface area contributed by atoms with E-state index in [1.165, 1.54) is 10.8 Å². The van der Waals surface area contributed by atoms with Gasteiger partial charge in [-0.2, -0.15) is 0 Å². The molecule has 0 atom stereocenters. The molecule has 0 aliphatic carbocycles. The SMILES string of the molecule is C=CC(=O)NC(=CSC=C(NC(=O)C=C)OC(=O)C=C)OC(=O)C=C. The Morgan fingerprint density at radius 2 is 1.04 bits per heavy atom. The standard InChI is InChI=1S/C16H16N2O6S/c1-5-11(19)17-13(23-15(21)7-3)9-25-10-14(18-12(20)6-2)24-16(22)8-4/h5-10H,1-4H2,(H,17,19)(H,18,20). The van der Waals surface area contributed by atoms with E-state index in [0.717, 1.165) is 36.1 Å². The zero-order valence-corrected chi connectivity index (χ0v) is 14.0. The summed E-state index contributed by atoms with van der Waals surface area (Å²) in [5.41, 5.74) is 0. The van der Waals surface area contributed by atoms with Gasteiger partial charge in [-0.05, 0) is 12.2 Å². The van der Waals surface area contributed by atoms with Crippen LogP contribution in [0.25, 0.3) is 0 Å². The lowest BCUT2D eigenvalue weighted by atomic mass is 10.6. The molecule has 0 aliphatic rings. The highest BCUT2D eigenvalue weighted by Crippen LogP contribution is 2.12. The van der Waals surface area contributed by atoms with Gasteiger partial charge in [0.2, 0.25) is 23.6 Å². The highest BCUT2D eigenvalue weighted by atomic mass is 32.2. The van der Waals surface area contributed by atoms with Gasteiger partial charge in [0.25, 0.3) is 0 Å². The number of nitrogens with one attached hydrogen (secondary N) is 2. The van der Waals surface area contributed by atoms with Crippen LogP contribution in [0.1, 0.15) is 0 Å². The zero-order chi connectivity index (χ0) is 19.2. The summed E-state index contributed by atoms with van der Waals surface area (Å²) in [6.07, 6.45) is 3.74. The molecular formula is C16H16N2O6S. The number of carbonyl (C=O) groups excluding carboxylic acids is 4. The molecule has 0 aromatic carbocycles. The lowest BCUT2D eigenvalue weighted by Gasteiger charge is -2.08. The zero-order valence-electron chi connectivity index (χ0n) is 13.2. The van der Waals surface area contributed by atoms with Crippen molar-refractivity contribution in [1.29, 1.82) is 0 Å². The minimum atomic E-state index is -0.807. The molecule has 0 aromatic rings. The predicted molar refractivity (Wildman–Crippen MR) is 93.0 cm³/mol. The van der Waals surface area contributed by atoms with Gasteiger partial charge in [-0.1, -0.05) is 38.1 Å². The third-order valence-electron chi connectivity index (χ3n) is 1.97. The van der Waals surface area contributed by atoms with Gasteiger partial charge < -0.3 is 9.47 Å². The van der Waals surface area contributed by atoms with Gasteiger partial charge in [0.05, 0.1) is 0 Å². The molecule has 0 saturated carbocycles. The normalized spacial score (nSPS) is 10.7. The summed E-state index contributed by atoms with van der Waals surface area (Å²) in [6, 6.07) is 0. The van der Waals surface area contributed by atoms with E-state index < -0.39 is 23.8 Å². The van der Waals surface area contributed by atoms with Crippen molar-refractivity contribution < 1.29 is 28.7 Å². The fraction of sp³-hybridized carbons (Fsp3) is 0. The Morgan fingerprint density at radius 1 is 0.680 bits per heavy atom. The summed E-state index contributed by atoms with van der Waals surface area (Å²) in [5.74, 6) is -3.30. The van der Waals surface area contributed by atoms with Crippen LogP contribution in [0.3, 0.4) is 0 Å². The first-order chi connectivity index (χ1) is 11.9. The molecule has 0 rings (SSSR count). The van der Waals surface area contributed by atoms with Crippen LogP contribution in [0.15, 0.2) is 73.2 Å². The summed E-state index contributed by atoms with van der Waals surface area (Å²) in [6.45, 7) is 13.0. The van der Waals surface area contributed by atoms with E-state index in [1.54, 1.807) is 0 Å². The van der Waals surface area contributed by atoms with Crippen LogP contribution in [0.2, 0.25) is 0 Å². The molecule has 0 unspecified atom stereocenters. The van der Waals surface area contributed by atoms with Gasteiger partial charge in [0, 0.05) is 23.0 Å². The van der Waals surface area contributed by atoms with Crippen LogP contribution in [0, 0.1) is 0 Å². The Kier molecular flexibility index (Phi) is 10.5. The molecule has 25 heavy (non-hydrogen) atoms. The van der Waals surface area contributed by atoms with Gasteiger partial charge in [-0.15, -0.1) is 0 Å². The molecule has 0 heterocycles. The second-order valence-corrected chi connectivity index (χ2v) is 4.48. The average Bonchev–Trinajstić information content (AvgIpc) is 2.60. The first-order valence-corrected chi connectivity index (χ1v) is 7.41. The third kappa shape index (κ3) is 10.1. The number of amides is 2. The molecule has 0 spiro atoms. The van der Waals surface area contributed by atoms with Crippen molar-refractivity contribution >= 4 is 35.5 Å². The van der Waals surface area contributed by atoms with Crippen molar-refractivity contribution in [3.63, 3.8) is 0 Å². The Hall–Kier alpha value is -3.33. The van der Waals surface area contributed by atoms with Crippen molar-refractivity contribution in [2.45, 2.75) is 0 Å². The number of hydrogen-bond acceptors (Lipinski definition) is 7. The van der Waals surface area contributed by atoms with Crippen LogP contribution in [-0.2, 0) is 28.7 Å². The average molecular weight is 364 g/mol. The van der Waals surface area contributed by atoms with Crippen molar-refractivity contribution in [3.05, 3.63) is 73.2 Å². The molecule has 2 N–H and O–H groups in total. The molecule has 0 bridgehead atoms. The van der Waals surface area contributed by atoms with Crippen LogP contribution in [0.4, 0.5) is 0 Å². The van der Waals surface area contributed by atoms with Gasteiger partial charge in [0.1, 0.15) is 0 Å². The summed E-state index contributed by atoms with van der Waals surface area (Å²) in [7, 11) is 0. The van der Waals surface area contributed by atoms with Crippen molar-refractivity contribution in [2.24, 2.45) is 0 Å². The summed E-state index contributed by atoms with van der Waals surface area (Å²) in [5, 5.41) is 6.92. The molecule has 0 aromatic heterocycles. The number of thioether (sulfide) groups is 1. The smallest absolute Gasteiger partial charge is 0.336 e. The Labute approximate surface area is 148 Å². The van der Waals surface area contributed by atoms with Crippen LogP contribution in [0.5, 0.6) is 0 Å². The van der Waals surface area contributed by atoms with Crippen LogP contribution < -0.4 is 10.6 Å². The Morgan fingerprint density at radius 3 is 1.32 bits per heavy atom. The lowest BCUT2D eigenvalue weighted by Crippen LogP contribution is -2.23. The molecule has 0 aliphatic heterocycles. The molecule has 0 fully saturated rings. The highest BCUT2D eigenvalue weighted by molar-refractivity contribution is 8.04. The summed E-state index contributed by atoms with van der Waals surface area (Å²) >= 11 is 0.834. The Bertz CT molecular complexity index is 560. The number of ether oxygens (including phenoxy) is 2. The number of carbonyl (C=O) groups is 4. The highest BCUT2D eigenvalue weighted by Gasteiger charge is 2.08. The fourth-order valence-electron chi connectivity index (χ4n) is 0.961. The quantitative estimate of drug-likeness (QED) is 0.342. The number of esters is 2. The first-order valence-electron chi connectivity index (χ1n) is 6.47. The molecule has 8 nitrogen and oxygen atoms in total. The first kappa shape index (κ1) is 21.7. The lowest BCUT2D eigenvalue weighted by molar-refractivity contribution is -0.136. The van der Waals surface area contributed by atoms with E-state index in [9.17, 15) is 19.2 Å². The van der Waals surface area contributed by atoms with Crippen molar-refractivity contribution in [1.82, 2.24) is 10.6 Å². The molecule has 2 amide bonds. The summed E-state index contributed by atoms with van der Waals surface area (Å²) in [4.78, 5) is 45.0. The van der Waals surface area contributed by atoms with Crippen LogP contribution >= 0.6 is 11.8 Å². The molecule has 0 saturated heterocycles. The van der Waals surface area contributed by atoms with Gasteiger partial charge in [-0.25, -0.2) is 9.59 Å². The van der Waals surface area contributed by atoms with E-state index in [0.29, 0.717) is 0 Å². The number of rotatable bonds is 10. The topological polar surface area (TPSA) is 111 Å². The van der Waals surface area contributed by atoms with Gasteiger partial charge >= 0.3 is 11.9 Å². The monoisotopic (exact) mass is 364 g/mol. The maximum Gasteiger partial charge on any atom is 0.336 e. The predicted octanol–water partition coefficient (Wildman–Crippen LogP) is 1.38. The molecular weight excluding hydrogens is 348 g/mol. The maximum atomic E-state index is 11.3. The fourth-order valence-corrected chi connectivity index (χ4v) is 1.49. The van der Waals surface area contributed by atoms with Crippen molar-refractivity contribution in [2.75, 3.05) is 0 Å². The van der Waals surface area contributed by atoms with E-state index in [1.807, 2.05) is 0 Å². The third-order valence-corrected chi connectivity index (χ3v) is 2.67. The second-order valence-electron chi connectivity index (χ2n) is 3.74. The minimum absolute atomic E-state index is 0.222. The second kappa shape index (κ2) is 12.1. The maximum absolute atomic E-state index is 11.3.